The number of sulfonamides is 1. The molecule has 0 atom stereocenters. The summed E-state index contributed by atoms with van der Waals surface area (Å²) < 4.78 is 33.9. The Kier molecular flexibility index (Phi) is 5.06. The van der Waals surface area contributed by atoms with Crippen molar-refractivity contribution in [3.05, 3.63) is 12.0 Å². The highest BCUT2D eigenvalue weighted by atomic mass is 32.2. The fraction of sp³-hybridized carbons (Fsp3) is 0.667. The average Bonchev–Trinajstić information content (AvgIpc) is 2.60. The van der Waals surface area contributed by atoms with E-state index in [0.717, 1.165) is 0 Å². The minimum Gasteiger partial charge on any atom is -0.382 e. The van der Waals surface area contributed by atoms with E-state index in [9.17, 15) is 8.42 Å². The molecular formula is C9H17N3O4S. The van der Waals surface area contributed by atoms with Crippen LogP contribution in [0.1, 0.15) is 5.82 Å². The molecule has 1 rings (SSSR count). The molecule has 1 aromatic rings. The summed E-state index contributed by atoms with van der Waals surface area (Å²) in [6.07, 6.45) is 1.41. The van der Waals surface area contributed by atoms with Gasteiger partial charge in [-0.1, -0.05) is 0 Å². The summed E-state index contributed by atoms with van der Waals surface area (Å²) in [6, 6.07) is 0. The molecule has 0 spiro atoms. The summed E-state index contributed by atoms with van der Waals surface area (Å²) in [5, 5.41) is 4.86. The Balaban J connectivity index is 2.52. The molecule has 0 aliphatic heterocycles. The molecule has 7 nitrogen and oxygen atoms in total. The van der Waals surface area contributed by atoms with Crippen molar-refractivity contribution in [2.45, 2.75) is 18.5 Å². The minimum absolute atomic E-state index is 0.119. The van der Waals surface area contributed by atoms with Crippen molar-refractivity contribution in [1.29, 1.82) is 0 Å². The molecule has 0 radical (unpaired) electrons. The van der Waals surface area contributed by atoms with E-state index in [4.69, 9.17) is 14.6 Å². The molecule has 0 saturated heterocycles. The number of hydrogen-bond donors (Lipinski definition) is 1. The molecule has 0 aliphatic rings. The van der Waals surface area contributed by atoms with E-state index in [1.165, 1.54) is 6.20 Å². The van der Waals surface area contributed by atoms with Gasteiger partial charge in [0.25, 0.3) is 10.0 Å². The number of aryl methyl sites for hydroxylation is 1. The highest BCUT2D eigenvalue weighted by molar-refractivity contribution is 7.89. The Bertz CT molecular complexity index is 455. The number of nitrogens with zero attached hydrogens (tertiary/aromatic N) is 2. The molecule has 0 saturated carbocycles. The largest absolute Gasteiger partial charge is 0.382 e. The van der Waals surface area contributed by atoms with Crippen molar-refractivity contribution in [3.8, 4) is 0 Å². The Morgan fingerprint density at radius 3 is 2.65 bits per heavy atom. The molecule has 0 fully saturated rings. The van der Waals surface area contributed by atoms with Crippen LogP contribution in [0.3, 0.4) is 0 Å². The Morgan fingerprint density at radius 2 is 2.12 bits per heavy atom. The van der Waals surface area contributed by atoms with Crippen LogP contribution >= 0.6 is 0 Å². The van der Waals surface area contributed by atoms with Gasteiger partial charge in [0.1, 0.15) is 5.82 Å². The van der Waals surface area contributed by atoms with Crippen molar-refractivity contribution >= 4 is 10.0 Å². The Labute approximate surface area is 101 Å². The highest BCUT2D eigenvalue weighted by Crippen LogP contribution is 2.06. The number of methoxy groups -OCH3 is 1. The number of aromatic nitrogens is 2. The van der Waals surface area contributed by atoms with Crippen LogP contribution in [-0.4, -0.2) is 44.9 Å². The van der Waals surface area contributed by atoms with Crippen molar-refractivity contribution in [3.63, 3.8) is 0 Å². The van der Waals surface area contributed by atoms with Crippen LogP contribution in [0.2, 0.25) is 0 Å². The molecule has 2 N–H and O–H groups in total. The third-order valence-electron chi connectivity index (χ3n) is 2.15. The van der Waals surface area contributed by atoms with Crippen LogP contribution in [-0.2, 0) is 26.0 Å². The lowest BCUT2D eigenvalue weighted by molar-refractivity contribution is 0.0664. The smallest absolute Gasteiger partial charge is 0.257 e. The van der Waals surface area contributed by atoms with E-state index in [1.54, 1.807) is 18.6 Å². The Hall–Kier alpha value is -0.960. The summed E-state index contributed by atoms with van der Waals surface area (Å²) in [5.74, 6) is 0.587. The van der Waals surface area contributed by atoms with Gasteiger partial charge >= 0.3 is 0 Å². The predicted octanol–water partition coefficient (Wildman–Crippen LogP) is -0.498. The van der Waals surface area contributed by atoms with Crippen LogP contribution < -0.4 is 5.14 Å². The van der Waals surface area contributed by atoms with E-state index in [-0.39, 0.29) is 5.03 Å². The number of hydrogen-bond acceptors (Lipinski definition) is 5. The zero-order valence-corrected chi connectivity index (χ0v) is 10.7. The van der Waals surface area contributed by atoms with E-state index in [2.05, 4.69) is 4.98 Å². The number of nitrogens with two attached hydrogens (primary N) is 1. The lowest BCUT2D eigenvalue weighted by Crippen LogP contribution is -2.12. The first-order valence-electron chi connectivity index (χ1n) is 5.08. The minimum atomic E-state index is -3.74. The first-order valence-corrected chi connectivity index (χ1v) is 6.63. The van der Waals surface area contributed by atoms with Gasteiger partial charge in [-0.15, -0.1) is 0 Å². The molecular weight excluding hydrogens is 246 g/mol. The van der Waals surface area contributed by atoms with Gasteiger partial charge in [0.05, 0.1) is 19.8 Å². The molecule has 8 heteroatoms. The van der Waals surface area contributed by atoms with Gasteiger partial charge in [-0.2, -0.15) is 0 Å². The second-order valence-corrected chi connectivity index (χ2v) is 4.98. The maximum Gasteiger partial charge on any atom is 0.257 e. The summed E-state index contributed by atoms with van der Waals surface area (Å²) in [7, 11) is -2.14. The van der Waals surface area contributed by atoms with Crippen molar-refractivity contribution in [2.24, 2.45) is 5.14 Å². The molecule has 0 aliphatic carbocycles. The van der Waals surface area contributed by atoms with E-state index >= 15 is 0 Å². The summed E-state index contributed by atoms with van der Waals surface area (Å²) >= 11 is 0. The maximum absolute atomic E-state index is 11.1. The van der Waals surface area contributed by atoms with E-state index in [0.29, 0.717) is 32.2 Å². The highest BCUT2D eigenvalue weighted by Gasteiger charge is 2.13. The number of imidazole rings is 1. The van der Waals surface area contributed by atoms with Crippen LogP contribution in [0.5, 0.6) is 0 Å². The number of ether oxygens (including phenoxy) is 2. The van der Waals surface area contributed by atoms with E-state index in [1.807, 2.05) is 0 Å². The molecule has 98 valence electrons. The maximum atomic E-state index is 11.1. The molecule has 1 heterocycles. The second-order valence-electron chi connectivity index (χ2n) is 3.47. The molecule has 1 aromatic heterocycles. The molecule has 0 bridgehead atoms. The molecule has 17 heavy (non-hydrogen) atoms. The SMILES string of the molecule is COCCOCCn1cc(S(N)(=O)=O)nc1C. The van der Waals surface area contributed by atoms with Gasteiger partial charge in [0.15, 0.2) is 5.03 Å². The number of primary sulfonamides is 1. The topological polar surface area (TPSA) is 96.4 Å². The van der Waals surface area contributed by atoms with Crippen LogP contribution in [0.25, 0.3) is 0 Å². The second kappa shape index (κ2) is 6.10. The summed E-state index contributed by atoms with van der Waals surface area (Å²) in [6.45, 7) is 3.74. The summed E-state index contributed by atoms with van der Waals surface area (Å²) in [5.41, 5.74) is 0. The van der Waals surface area contributed by atoms with Crippen LogP contribution in [0, 0.1) is 6.92 Å². The normalized spacial score (nSPS) is 11.9. The molecule has 0 amide bonds. The molecule has 0 aromatic carbocycles. The van der Waals surface area contributed by atoms with Gasteiger partial charge in [-0.05, 0) is 6.92 Å². The fourth-order valence-electron chi connectivity index (χ4n) is 1.25. The van der Waals surface area contributed by atoms with Crippen LogP contribution in [0.15, 0.2) is 11.2 Å². The zero-order valence-electron chi connectivity index (χ0n) is 9.92. The monoisotopic (exact) mass is 263 g/mol. The quantitative estimate of drug-likeness (QED) is 0.669. The van der Waals surface area contributed by atoms with Gasteiger partial charge in [-0.3, -0.25) is 0 Å². The zero-order chi connectivity index (χ0) is 12.9. The lowest BCUT2D eigenvalue weighted by atomic mass is 10.6. The lowest BCUT2D eigenvalue weighted by Gasteiger charge is -2.05. The van der Waals surface area contributed by atoms with Gasteiger partial charge in [-0.25, -0.2) is 18.5 Å². The standard InChI is InChI=1S/C9H17N3O4S/c1-8-11-9(17(10,13)14)7-12(8)3-4-16-6-5-15-2/h7H,3-6H2,1-2H3,(H2,10,13,14). The van der Waals surface area contributed by atoms with Gasteiger partial charge in [0.2, 0.25) is 0 Å². The fourth-order valence-corrected chi connectivity index (χ4v) is 1.78. The van der Waals surface area contributed by atoms with Gasteiger partial charge < -0.3 is 14.0 Å². The first kappa shape index (κ1) is 14.1. The number of rotatable bonds is 7. The predicted molar refractivity (Wildman–Crippen MR) is 61.0 cm³/mol. The summed E-state index contributed by atoms with van der Waals surface area (Å²) in [4.78, 5) is 3.87. The van der Waals surface area contributed by atoms with Crippen molar-refractivity contribution in [1.82, 2.24) is 9.55 Å². The van der Waals surface area contributed by atoms with Crippen LogP contribution in [0.4, 0.5) is 0 Å². The molecule has 0 unspecified atom stereocenters. The van der Waals surface area contributed by atoms with Crippen molar-refractivity contribution < 1.29 is 17.9 Å². The third kappa shape index (κ3) is 4.43. The third-order valence-corrected chi connectivity index (χ3v) is 2.93. The Morgan fingerprint density at radius 1 is 1.41 bits per heavy atom. The van der Waals surface area contributed by atoms with Crippen molar-refractivity contribution in [2.75, 3.05) is 26.9 Å². The first-order chi connectivity index (χ1) is 7.95. The van der Waals surface area contributed by atoms with Gasteiger partial charge in [0, 0.05) is 19.9 Å². The van der Waals surface area contributed by atoms with E-state index < -0.39 is 10.0 Å². The average molecular weight is 263 g/mol.